The lowest BCUT2D eigenvalue weighted by atomic mass is 10.1. The van der Waals surface area contributed by atoms with E-state index in [0.29, 0.717) is 0 Å². The number of benzene rings is 1. The van der Waals surface area contributed by atoms with Gasteiger partial charge in [0.05, 0.1) is 5.69 Å². The van der Waals surface area contributed by atoms with Gasteiger partial charge in [-0.2, -0.15) is 0 Å². The first-order valence-corrected chi connectivity index (χ1v) is 7.45. The van der Waals surface area contributed by atoms with Crippen LogP contribution in [0.5, 0.6) is 0 Å². The average molecular weight is 275 g/mol. The van der Waals surface area contributed by atoms with E-state index in [1.54, 1.807) is 23.1 Å². The Morgan fingerprint density at radius 3 is 2.72 bits per heavy atom. The van der Waals surface area contributed by atoms with Gasteiger partial charge in [-0.3, -0.25) is 4.90 Å². The number of anilines is 1. The standard InChI is InChI=1S/C13H13N3S2/c1-9-2-4-10(5-3-9)11-8-18-13(15-11)16-6-7-17-12(16)14/h2-8,12H,14H2,1H3. The zero-order valence-electron chi connectivity index (χ0n) is 9.91. The first kappa shape index (κ1) is 11.8. The summed E-state index contributed by atoms with van der Waals surface area (Å²) in [6.45, 7) is 2.08. The summed E-state index contributed by atoms with van der Waals surface area (Å²) in [4.78, 5) is 6.64. The highest BCUT2D eigenvalue weighted by molar-refractivity contribution is 8.03. The van der Waals surface area contributed by atoms with Crippen LogP contribution in [0.3, 0.4) is 0 Å². The second-order valence-electron chi connectivity index (χ2n) is 4.10. The van der Waals surface area contributed by atoms with Gasteiger partial charge in [-0.25, -0.2) is 4.98 Å². The maximum absolute atomic E-state index is 5.97. The summed E-state index contributed by atoms with van der Waals surface area (Å²) in [6, 6.07) is 8.41. The van der Waals surface area contributed by atoms with Crippen molar-refractivity contribution in [1.29, 1.82) is 0 Å². The Morgan fingerprint density at radius 1 is 1.28 bits per heavy atom. The molecule has 0 spiro atoms. The smallest absolute Gasteiger partial charge is 0.191 e. The number of thiazole rings is 1. The first-order chi connectivity index (χ1) is 8.74. The molecule has 1 aliphatic heterocycles. The van der Waals surface area contributed by atoms with Crippen molar-refractivity contribution < 1.29 is 0 Å². The minimum atomic E-state index is -0.0537. The normalized spacial score (nSPS) is 18.6. The van der Waals surface area contributed by atoms with Crippen molar-refractivity contribution in [3.8, 4) is 11.3 Å². The average Bonchev–Trinajstić information content (AvgIpc) is 2.98. The lowest BCUT2D eigenvalue weighted by Gasteiger charge is -2.17. The highest BCUT2D eigenvalue weighted by Crippen LogP contribution is 2.33. The highest BCUT2D eigenvalue weighted by atomic mass is 32.2. The monoisotopic (exact) mass is 275 g/mol. The molecule has 1 aliphatic rings. The van der Waals surface area contributed by atoms with E-state index in [9.17, 15) is 0 Å². The molecule has 5 heteroatoms. The van der Waals surface area contributed by atoms with Crippen LogP contribution in [0.15, 0.2) is 41.3 Å². The Labute approximate surface area is 114 Å². The second kappa shape index (κ2) is 4.76. The van der Waals surface area contributed by atoms with Gasteiger partial charge in [0.15, 0.2) is 5.13 Å². The van der Waals surface area contributed by atoms with Crippen molar-refractivity contribution >= 4 is 28.2 Å². The van der Waals surface area contributed by atoms with Crippen LogP contribution in [0, 0.1) is 6.92 Å². The molecule has 1 atom stereocenters. The van der Waals surface area contributed by atoms with Gasteiger partial charge in [0, 0.05) is 17.1 Å². The Hall–Kier alpha value is -1.30. The van der Waals surface area contributed by atoms with Gasteiger partial charge in [0.1, 0.15) is 5.50 Å². The van der Waals surface area contributed by atoms with Crippen molar-refractivity contribution in [2.45, 2.75) is 12.4 Å². The highest BCUT2D eigenvalue weighted by Gasteiger charge is 2.20. The number of aryl methyl sites for hydroxylation is 1. The molecule has 0 saturated heterocycles. The molecule has 2 heterocycles. The maximum Gasteiger partial charge on any atom is 0.191 e. The second-order valence-corrected chi connectivity index (χ2v) is 5.96. The molecule has 18 heavy (non-hydrogen) atoms. The zero-order chi connectivity index (χ0) is 12.5. The first-order valence-electron chi connectivity index (χ1n) is 5.63. The summed E-state index contributed by atoms with van der Waals surface area (Å²) in [5, 5.41) is 5.01. The molecule has 0 amide bonds. The van der Waals surface area contributed by atoms with Crippen LogP contribution in [-0.2, 0) is 0 Å². The van der Waals surface area contributed by atoms with Crippen molar-refractivity contribution in [2.24, 2.45) is 5.73 Å². The van der Waals surface area contributed by atoms with E-state index < -0.39 is 0 Å². The SMILES string of the molecule is Cc1ccc(-c2csc(N3C=CSC3N)n2)cc1. The van der Waals surface area contributed by atoms with Crippen LogP contribution >= 0.6 is 23.1 Å². The lowest BCUT2D eigenvalue weighted by Crippen LogP contribution is -2.31. The number of hydrogen-bond donors (Lipinski definition) is 1. The molecule has 0 bridgehead atoms. The van der Waals surface area contributed by atoms with E-state index in [0.717, 1.165) is 16.4 Å². The third kappa shape index (κ3) is 2.16. The van der Waals surface area contributed by atoms with E-state index in [4.69, 9.17) is 5.73 Å². The number of hydrogen-bond acceptors (Lipinski definition) is 5. The van der Waals surface area contributed by atoms with Gasteiger partial charge in [-0.05, 0) is 12.3 Å². The molecule has 0 saturated carbocycles. The predicted molar refractivity (Wildman–Crippen MR) is 79.5 cm³/mol. The lowest BCUT2D eigenvalue weighted by molar-refractivity contribution is 0.919. The van der Waals surface area contributed by atoms with Gasteiger partial charge < -0.3 is 5.73 Å². The predicted octanol–water partition coefficient (Wildman–Crippen LogP) is 3.39. The third-order valence-electron chi connectivity index (χ3n) is 2.77. The minimum absolute atomic E-state index is 0.0537. The van der Waals surface area contributed by atoms with Crippen LogP contribution in [0.4, 0.5) is 5.13 Å². The van der Waals surface area contributed by atoms with Crippen LogP contribution in [0.1, 0.15) is 5.56 Å². The molecule has 2 N–H and O–H groups in total. The summed E-state index contributed by atoms with van der Waals surface area (Å²) >= 11 is 3.22. The molecule has 1 unspecified atom stereocenters. The third-order valence-corrected chi connectivity index (χ3v) is 4.41. The molecule has 3 rings (SSSR count). The molecule has 1 aromatic carbocycles. The zero-order valence-corrected chi connectivity index (χ0v) is 11.5. The number of nitrogens with two attached hydrogens (primary N) is 1. The van der Waals surface area contributed by atoms with E-state index >= 15 is 0 Å². The summed E-state index contributed by atoms with van der Waals surface area (Å²) < 4.78 is 0. The summed E-state index contributed by atoms with van der Waals surface area (Å²) in [5.74, 6) is 0. The molecule has 2 aromatic rings. The Morgan fingerprint density at radius 2 is 2.06 bits per heavy atom. The molecular weight excluding hydrogens is 262 g/mol. The fourth-order valence-electron chi connectivity index (χ4n) is 1.74. The molecule has 0 aliphatic carbocycles. The van der Waals surface area contributed by atoms with Crippen LogP contribution in [-0.4, -0.2) is 10.5 Å². The Balaban J connectivity index is 1.89. The number of thioether (sulfide) groups is 1. The van der Waals surface area contributed by atoms with Crippen LogP contribution < -0.4 is 10.6 Å². The fraction of sp³-hybridized carbons (Fsp3) is 0.154. The molecule has 0 fully saturated rings. The van der Waals surface area contributed by atoms with Gasteiger partial charge in [0.25, 0.3) is 0 Å². The van der Waals surface area contributed by atoms with E-state index in [-0.39, 0.29) is 5.50 Å². The Bertz CT molecular complexity index is 574. The van der Waals surface area contributed by atoms with Gasteiger partial charge >= 0.3 is 0 Å². The minimum Gasteiger partial charge on any atom is -0.302 e. The topological polar surface area (TPSA) is 42.1 Å². The van der Waals surface area contributed by atoms with E-state index in [1.165, 1.54) is 5.56 Å². The maximum atomic E-state index is 5.97. The number of aromatic nitrogens is 1. The molecule has 92 valence electrons. The van der Waals surface area contributed by atoms with Gasteiger partial charge in [-0.15, -0.1) is 11.3 Å². The molecule has 0 radical (unpaired) electrons. The van der Waals surface area contributed by atoms with Crippen molar-refractivity contribution in [2.75, 3.05) is 4.90 Å². The van der Waals surface area contributed by atoms with E-state index in [2.05, 4.69) is 41.6 Å². The van der Waals surface area contributed by atoms with Crippen molar-refractivity contribution in [1.82, 2.24) is 4.98 Å². The van der Waals surface area contributed by atoms with Gasteiger partial charge in [-0.1, -0.05) is 41.6 Å². The van der Waals surface area contributed by atoms with E-state index in [1.807, 2.05) is 16.5 Å². The van der Waals surface area contributed by atoms with Gasteiger partial charge in [0.2, 0.25) is 0 Å². The molecule has 1 aromatic heterocycles. The summed E-state index contributed by atoms with van der Waals surface area (Å²) in [6.07, 6.45) is 1.98. The quantitative estimate of drug-likeness (QED) is 0.912. The molecule has 3 nitrogen and oxygen atoms in total. The van der Waals surface area contributed by atoms with Crippen molar-refractivity contribution in [3.05, 3.63) is 46.8 Å². The largest absolute Gasteiger partial charge is 0.302 e. The Kier molecular flexibility index (Phi) is 3.11. The number of rotatable bonds is 2. The summed E-state index contributed by atoms with van der Waals surface area (Å²) in [5.41, 5.74) is 9.33. The number of nitrogens with zero attached hydrogens (tertiary/aromatic N) is 2. The van der Waals surface area contributed by atoms with Crippen LogP contribution in [0.25, 0.3) is 11.3 Å². The summed E-state index contributed by atoms with van der Waals surface area (Å²) in [7, 11) is 0. The van der Waals surface area contributed by atoms with Crippen LogP contribution in [0.2, 0.25) is 0 Å². The molecular formula is C13H13N3S2. The fourth-order valence-corrected chi connectivity index (χ4v) is 3.33. The van der Waals surface area contributed by atoms with Crippen molar-refractivity contribution in [3.63, 3.8) is 0 Å².